The summed E-state index contributed by atoms with van der Waals surface area (Å²) >= 11 is 0. The zero-order valence-electron chi connectivity index (χ0n) is 19.2. The van der Waals surface area contributed by atoms with E-state index in [2.05, 4.69) is 133 Å². The fourth-order valence-corrected chi connectivity index (χ4v) is 5.28. The zero-order valence-corrected chi connectivity index (χ0v) is 19.2. The summed E-state index contributed by atoms with van der Waals surface area (Å²) in [4.78, 5) is 0. The van der Waals surface area contributed by atoms with Crippen LogP contribution in [0.3, 0.4) is 0 Å². The highest BCUT2D eigenvalue weighted by Gasteiger charge is 2.11. The first-order valence-corrected chi connectivity index (χ1v) is 12.0. The van der Waals surface area contributed by atoms with Gasteiger partial charge in [0.25, 0.3) is 0 Å². The average Bonchev–Trinajstić information content (AvgIpc) is 2.92. The van der Waals surface area contributed by atoms with Crippen molar-refractivity contribution >= 4 is 43.7 Å². The Morgan fingerprint density at radius 1 is 0.371 bits per heavy atom. The van der Waals surface area contributed by atoms with E-state index in [1.165, 1.54) is 54.6 Å². The number of hydrogen-bond donors (Lipinski definition) is 1. The molecule has 35 heavy (non-hydrogen) atoms. The normalized spacial score (nSPS) is 11.4. The second-order valence-electron chi connectivity index (χ2n) is 9.12. The van der Waals surface area contributed by atoms with Crippen LogP contribution in [0.1, 0.15) is 0 Å². The van der Waals surface area contributed by atoms with Gasteiger partial charge in [-0.1, -0.05) is 103 Å². The Morgan fingerprint density at radius 2 is 0.943 bits per heavy atom. The van der Waals surface area contributed by atoms with Crippen molar-refractivity contribution in [2.24, 2.45) is 0 Å². The fraction of sp³-hybridized carbons (Fsp3) is 0. The molecule has 0 amide bonds. The highest BCUT2D eigenvalue weighted by molar-refractivity contribution is 6.23. The molecular weight excluding hydrogens is 422 g/mol. The van der Waals surface area contributed by atoms with Crippen LogP contribution < -0.4 is 5.32 Å². The number of nitrogens with one attached hydrogen (secondary N) is 1. The van der Waals surface area contributed by atoms with E-state index in [1.807, 2.05) is 6.07 Å². The van der Waals surface area contributed by atoms with Crippen molar-refractivity contribution in [1.29, 1.82) is 0 Å². The summed E-state index contributed by atoms with van der Waals surface area (Å²) in [5.74, 6) is 0. The standard InChI is InChI=1S/C34H23N/c1-2-9-30(10-3-1)35-32-12-5-4-11-31(32)24-15-13-23(14-16-24)29-21-27-19-17-25-7-6-8-26-18-20-28(22-29)34(27)33(25)26/h1-22,35H. The third kappa shape index (κ3) is 3.41. The second-order valence-corrected chi connectivity index (χ2v) is 9.12. The summed E-state index contributed by atoms with van der Waals surface area (Å²) in [6.07, 6.45) is 0. The van der Waals surface area contributed by atoms with Gasteiger partial charge in [0.1, 0.15) is 0 Å². The lowest BCUT2D eigenvalue weighted by atomic mass is 9.91. The van der Waals surface area contributed by atoms with Gasteiger partial charge in [-0.25, -0.2) is 0 Å². The Hall–Kier alpha value is -4.62. The minimum absolute atomic E-state index is 1.09. The Bertz CT molecular complexity index is 1730. The van der Waals surface area contributed by atoms with E-state index in [0.717, 1.165) is 11.4 Å². The Morgan fingerprint density at radius 3 is 1.66 bits per heavy atom. The minimum atomic E-state index is 1.09. The molecule has 0 fully saturated rings. The largest absolute Gasteiger partial charge is 0.355 e. The molecule has 0 saturated carbocycles. The monoisotopic (exact) mass is 445 g/mol. The molecule has 7 rings (SSSR count). The van der Waals surface area contributed by atoms with E-state index in [1.54, 1.807) is 0 Å². The van der Waals surface area contributed by atoms with E-state index in [-0.39, 0.29) is 0 Å². The van der Waals surface area contributed by atoms with E-state index in [0.29, 0.717) is 0 Å². The van der Waals surface area contributed by atoms with Crippen molar-refractivity contribution in [3.8, 4) is 22.3 Å². The van der Waals surface area contributed by atoms with Crippen LogP contribution in [0, 0.1) is 0 Å². The van der Waals surface area contributed by atoms with Gasteiger partial charge < -0.3 is 5.32 Å². The van der Waals surface area contributed by atoms with E-state index < -0.39 is 0 Å². The lowest BCUT2D eigenvalue weighted by Crippen LogP contribution is -1.93. The number of hydrogen-bond acceptors (Lipinski definition) is 1. The molecule has 0 aliphatic heterocycles. The van der Waals surface area contributed by atoms with Crippen molar-refractivity contribution in [2.45, 2.75) is 0 Å². The number of anilines is 2. The lowest BCUT2D eigenvalue weighted by molar-refractivity contribution is 1.53. The Balaban J connectivity index is 1.29. The van der Waals surface area contributed by atoms with Crippen molar-refractivity contribution in [1.82, 2.24) is 0 Å². The van der Waals surface area contributed by atoms with Crippen LogP contribution in [0.2, 0.25) is 0 Å². The highest BCUT2D eigenvalue weighted by atomic mass is 14.9. The molecule has 0 unspecified atom stereocenters. The van der Waals surface area contributed by atoms with Crippen LogP contribution in [-0.4, -0.2) is 0 Å². The van der Waals surface area contributed by atoms with Gasteiger partial charge in [0.05, 0.1) is 0 Å². The maximum absolute atomic E-state index is 3.56. The molecule has 1 nitrogen and oxygen atoms in total. The van der Waals surface area contributed by atoms with Crippen LogP contribution >= 0.6 is 0 Å². The summed E-state index contributed by atoms with van der Waals surface area (Å²) in [5.41, 5.74) is 7.06. The smallest absolute Gasteiger partial charge is 0.0463 e. The SMILES string of the molecule is c1ccc(Nc2ccccc2-c2ccc(-c3cc4ccc5cccc6ccc(c3)c4c56)cc2)cc1. The van der Waals surface area contributed by atoms with Gasteiger partial charge >= 0.3 is 0 Å². The molecule has 7 aromatic carbocycles. The topological polar surface area (TPSA) is 12.0 Å². The first-order chi connectivity index (χ1) is 17.3. The molecule has 0 aromatic heterocycles. The third-order valence-electron chi connectivity index (χ3n) is 6.97. The van der Waals surface area contributed by atoms with E-state index in [4.69, 9.17) is 0 Å². The van der Waals surface area contributed by atoms with Gasteiger partial charge in [0.15, 0.2) is 0 Å². The Kier molecular flexibility index (Phi) is 4.53. The Labute approximate surface area is 204 Å². The number of para-hydroxylation sites is 2. The molecule has 0 spiro atoms. The summed E-state index contributed by atoms with van der Waals surface area (Å²) < 4.78 is 0. The molecular formula is C34H23N. The van der Waals surface area contributed by atoms with E-state index >= 15 is 0 Å². The number of rotatable bonds is 4. The van der Waals surface area contributed by atoms with Crippen molar-refractivity contribution < 1.29 is 0 Å². The van der Waals surface area contributed by atoms with Crippen molar-refractivity contribution in [3.05, 3.63) is 133 Å². The molecule has 0 aliphatic carbocycles. The molecule has 0 bridgehead atoms. The predicted molar refractivity (Wildman–Crippen MR) is 151 cm³/mol. The first kappa shape index (κ1) is 19.8. The van der Waals surface area contributed by atoms with Crippen LogP contribution in [0.15, 0.2) is 133 Å². The van der Waals surface area contributed by atoms with Gasteiger partial charge in [-0.2, -0.15) is 0 Å². The zero-order chi connectivity index (χ0) is 23.2. The molecule has 0 atom stereocenters. The fourth-order valence-electron chi connectivity index (χ4n) is 5.28. The first-order valence-electron chi connectivity index (χ1n) is 12.0. The third-order valence-corrected chi connectivity index (χ3v) is 6.97. The maximum atomic E-state index is 3.56. The summed E-state index contributed by atoms with van der Waals surface area (Å²) in [5, 5.41) is 11.5. The van der Waals surface area contributed by atoms with Crippen LogP contribution in [0.4, 0.5) is 11.4 Å². The molecule has 0 aliphatic rings. The molecule has 1 N–H and O–H groups in total. The molecule has 164 valence electrons. The maximum Gasteiger partial charge on any atom is 0.0463 e. The van der Waals surface area contributed by atoms with Gasteiger partial charge in [-0.05, 0) is 79.3 Å². The average molecular weight is 446 g/mol. The van der Waals surface area contributed by atoms with Crippen LogP contribution in [-0.2, 0) is 0 Å². The highest BCUT2D eigenvalue weighted by Crippen LogP contribution is 2.38. The van der Waals surface area contributed by atoms with Gasteiger partial charge in [-0.15, -0.1) is 0 Å². The summed E-state index contributed by atoms with van der Waals surface area (Å²) in [6.45, 7) is 0. The molecule has 0 saturated heterocycles. The van der Waals surface area contributed by atoms with Gasteiger partial charge in [0.2, 0.25) is 0 Å². The van der Waals surface area contributed by atoms with E-state index in [9.17, 15) is 0 Å². The molecule has 0 radical (unpaired) electrons. The molecule has 1 heteroatoms. The minimum Gasteiger partial charge on any atom is -0.355 e. The summed E-state index contributed by atoms with van der Waals surface area (Å²) in [6, 6.07) is 47.9. The van der Waals surface area contributed by atoms with Crippen molar-refractivity contribution in [2.75, 3.05) is 5.32 Å². The van der Waals surface area contributed by atoms with Gasteiger partial charge in [0, 0.05) is 16.9 Å². The van der Waals surface area contributed by atoms with Crippen LogP contribution in [0.25, 0.3) is 54.6 Å². The molecule has 7 aromatic rings. The predicted octanol–water partition coefficient (Wildman–Crippen LogP) is 9.66. The van der Waals surface area contributed by atoms with Gasteiger partial charge in [-0.3, -0.25) is 0 Å². The quantitative estimate of drug-likeness (QED) is 0.266. The van der Waals surface area contributed by atoms with Crippen molar-refractivity contribution in [3.63, 3.8) is 0 Å². The lowest BCUT2D eigenvalue weighted by Gasteiger charge is -2.14. The molecule has 0 heterocycles. The number of benzene rings is 7. The second kappa shape index (κ2) is 8.00. The van der Waals surface area contributed by atoms with Crippen LogP contribution in [0.5, 0.6) is 0 Å². The summed E-state index contributed by atoms with van der Waals surface area (Å²) in [7, 11) is 0.